The van der Waals surface area contributed by atoms with E-state index in [1.54, 1.807) is 22.6 Å². The van der Waals surface area contributed by atoms with Crippen LogP contribution in [0.1, 0.15) is 16.7 Å². The van der Waals surface area contributed by atoms with Gasteiger partial charge in [-0.05, 0) is 48.7 Å². The largest absolute Gasteiger partial charge is 0.497 e. The van der Waals surface area contributed by atoms with E-state index in [9.17, 15) is 9.59 Å². The first kappa shape index (κ1) is 22.4. The van der Waals surface area contributed by atoms with E-state index < -0.39 is 0 Å². The number of amides is 1. The van der Waals surface area contributed by atoms with Gasteiger partial charge in [-0.25, -0.2) is 4.98 Å². The van der Waals surface area contributed by atoms with Crippen molar-refractivity contribution in [1.82, 2.24) is 14.1 Å². The Balaban J connectivity index is 1.56. The molecule has 2 heterocycles. The fraction of sp³-hybridized carbons (Fsp3) is 0.179. The molecule has 1 N–H and O–H groups in total. The maximum Gasteiger partial charge on any atom is 0.278 e. The van der Waals surface area contributed by atoms with Gasteiger partial charge in [-0.1, -0.05) is 48.5 Å². The fourth-order valence-electron chi connectivity index (χ4n) is 4.49. The molecule has 0 saturated heterocycles. The van der Waals surface area contributed by atoms with Crippen LogP contribution < -0.4 is 15.6 Å². The Kier molecular flexibility index (Phi) is 5.82. The van der Waals surface area contributed by atoms with Gasteiger partial charge >= 0.3 is 0 Å². The third-order valence-corrected chi connectivity index (χ3v) is 6.29. The van der Waals surface area contributed by atoms with Crippen molar-refractivity contribution in [1.29, 1.82) is 0 Å². The van der Waals surface area contributed by atoms with Crippen molar-refractivity contribution in [2.24, 2.45) is 0 Å². The van der Waals surface area contributed by atoms with Crippen molar-refractivity contribution in [3.8, 4) is 5.75 Å². The molecular formula is C28H26N4O3. The molecule has 0 bridgehead atoms. The number of fused-ring (bicyclic) bond motifs is 3. The lowest BCUT2D eigenvalue weighted by Crippen LogP contribution is -2.25. The molecule has 7 nitrogen and oxygen atoms in total. The van der Waals surface area contributed by atoms with E-state index >= 15 is 0 Å². The van der Waals surface area contributed by atoms with Gasteiger partial charge in [0.15, 0.2) is 0 Å². The molecule has 3 aromatic carbocycles. The summed E-state index contributed by atoms with van der Waals surface area (Å²) in [5.74, 6) is 0.555. The Morgan fingerprint density at radius 2 is 1.69 bits per heavy atom. The fourth-order valence-corrected chi connectivity index (χ4v) is 4.49. The number of ether oxygens (including phenoxy) is 1. The maximum atomic E-state index is 13.6. The first-order chi connectivity index (χ1) is 17.0. The zero-order valence-electron chi connectivity index (χ0n) is 19.9. The molecule has 0 spiro atoms. The lowest BCUT2D eigenvalue weighted by Gasteiger charge is -2.13. The molecular weight excluding hydrogens is 440 g/mol. The smallest absolute Gasteiger partial charge is 0.278 e. The predicted molar refractivity (Wildman–Crippen MR) is 138 cm³/mol. The van der Waals surface area contributed by atoms with Gasteiger partial charge in [0.05, 0.1) is 25.5 Å². The van der Waals surface area contributed by atoms with Gasteiger partial charge in [0.25, 0.3) is 5.56 Å². The summed E-state index contributed by atoms with van der Waals surface area (Å²) in [6.45, 7) is 4.29. The van der Waals surface area contributed by atoms with E-state index in [2.05, 4.69) is 10.3 Å². The van der Waals surface area contributed by atoms with Crippen molar-refractivity contribution in [3.05, 3.63) is 100 Å². The van der Waals surface area contributed by atoms with Crippen LogP contribution in [0.5, 0.6) is 5.75 Å². The topological polar surface area (TPSA) is 78.2 Å². The average molecular weight is 467 g/mol. The zero-order chi connectivity index (χ0) is 24.5. The Labute approximate surface area is 202 Å². The van der Waals surface area contributed by atoms with Crippen LogP contribution in [0.2, 0.25) is 0 Å². The molecule has 0 atom stereocenters. The molecule has 5 aromatic rings. The zero-order valence-corrected chi connectivity index (χ0v) is 19.9. The van der Waals surface area contributed by atoms with Gasteiger partial charge in [0.2, 0.25) is 5.91 Å². The molecule has 0 unspecified atom stereocenters. The van der Waals surface area contributed by atoms with E-state index in [0.29, 0.717) is 17.6 Å². The second-order valence-electron chi connectivity index (χ2n) is 8.64. The lowest BCUT2D eigenvalue weighted by atomic mass is 10.1. The third kappa shape index (κ3) is 4.17. The second kappa shape index (κ2) is 9.10. The molecule has 0 aliphatic carbocycles. The first-order valence-electron chi connectivity index (χ1n) is 11.4. The third-order valence-electron chi connectivity index (χ3n) is 6.29. The molecule has 7 heteroatoms. The number of methoxy groups -OCH3 is 1. The van der Waals surface area contributed by atoms with E-state index in [4.69, 9.17) is 4.74 Å². The Bertz CT molecular complexity index is 1590. The second-order valence-corrected chi connectivity index (χ2v) is 8.64. The van der Waals surface area contributed by atoms with Crippen LogP contribution in [-0.4, -0.2) is 27.1 Å². The summed E-state index contributed by atoms with van der Waals surface area (Å²) in [6, 6.07) is 21.1. The highest BCUT2D eigenvalue weighted by Crippen LogP contribution is 2.26. The number of benzene rings is 3. The van der Waals surface area contributed by atoms with Gasteiger partial charge in [0.1, 0.15) is 23.3 Å². The summed E-state index contributed by atoms with van der Waals surface area (Å²) in [5.41, 5.74) is 5.34. The number of hydrogen-bond acceptors (Lipinski definition) is 4. The number of nitrogens with zero attached hydrogens (tertiary/aromatic N) is 3. The van der Waals surface area contributed by atoms with Gasteiger partial charge in [-0.15, -0.1) is 0 Å². The number of carbonyl (C=O) groups excluding carboxylic acids is 1. The van der Waals surface area contributed by atoms with Crippen LogP contribution in [0, 0.1) is 13.8 Å². The standard InChI is InChI=1S/C28H26N4O3/c1-18-7-6-8-19(2)25(18)30-24(33)16-32-23-10-5-4-9-22(23)26-27(32)28(34)31(17-29-26)15-20-11-13-21(35-3)14-12-20/h4-14,17H,15-16H2,1-3H3,(H,30,33). The lowest BCUT2D eigenvalue weighted by molar-refractivity contribution is -0.116. The van der Waals surface area contributed by atoms with Crippen molar-refractivity contribution < 1.29 is 9.53 Å². The van der Waals surface area contributed by atoms with E-state index in [0.717, 1.165) is 39.0 Å². The summed E-state index contributed by atoms with van der Waals surface area (Å²) in [4.78, 5) is 31.4. The highest BCUT2D eigenvalue weighted by Gasteiger charge is 2.19. The van der Waals surface area contributed by atoms with E-state index in [1.165, 1.54) is 0 Å². The predicted octanol–water partition coefficient (Wildman–Crippen LogP) is 4.66. The number of nitrogens with one attached hydrogen (secondary N) is 1. The number of rotatable bonds is 6. The molecule has 176 valence electrons. The quantitative estimate of drug-likeness (QED) is 0.395. The van der Waals surface area contributed by atoms with Crippen LogP contribution in [0.25, 0.3) is 21.9 Å². The molecule has 0 fully saturated rings. The normalized spacial score (nSPS) is 11.2. The van der Waals surface area contributed by atoms with Crippen LogP contribution in [0.15, 0.2) is 77.9 Å². The number of para-hydroxylation sites is 2. The summed E-state index contributed by atoms with van der Waals surface area (Å²) in [5, 5.41) is 3.87. The highest BCUT2D eigenvalue weighted by molar-refractivity contribution is 6.06. The molecule has 5 rings (SSSR count). The Hall–Kier alpha value is -4.39. The highest BCUT2D eigenvalue weighted by atomic mass is 16.5. The summed E-state index contributed by atoms with van der Waals surface area (Å²) in [6.07, 6.45) is 1.57. The molecule has 0 aliphatic heterocycles. The van der Waals surface area contributed by atoms with Crippen LogP contribution in [0.3, 0.4) is 0 Å². The number of hydrogen-bond donors (Lipinski definition) is 1. The minimum atomic E-state index is -0.199. The van der Waals surface area contributed by atoms with Crippen LogP contribution in [0.4, 0.5) is 5.69 Å². The number of aryl methyl sites for hydroxylation is 2. The van der Waals surface area contributed by atoms with Crippen LogP contribution >= 0.6 is 0 Å². The van der Waals surface area contributed by atoms with Gasteiger partial charge in [-0.3, -0.25) is 14.2 Å². The average Bonchev–Trinajstić information content (AvgIpc) is 3.18. The van der Waals surface area contributed by atoms with Gasteiger partial charge < -0.3 is 14.6 Å². The molecule has 35 heavy (non-hydrogen) atoms. The minimum Gasteiger partial charge on any atom is -0.497 e. The van der Waals surface area contributed by atoms with E-state index in [-0.39, 0.29) is 18.0 Å². The van der Waals surface area contributed by atoms with Crippen molar-refractivity contribution in [3.63, 3.8) is 0 Å². The Morgan fingerprint density at radius 1 is 0.971 bits per heavy atom. The summed E-state index contributed by atoms with van der Waals surface area (Å²) in [7, 11) is 1.62. The molecule has 2 aromatic heterocycles. The summed E-state index contributed by atoms with van der Waals surface area (Å²) < 4.78 is 8.57. The van der Waals surface area contributed by atoms with Crippen molar-refractivity contribution in [2.75, 3.05) is 12.4 Å². The first-order valence-corrected chi connectivity index (χ1v) is 11.4. The van der Waals surface area contributed by atoms with Gasteiger partial charge in [-0.2, -0.15) is 0 Å². The maximum absolute atomic E-state index is 13.6. The molecule has 0 radical (unpaired) electrons. The van der Waals surface area contributed by atoms with E-state index in [1.807, 2.05) is 80.6 Å². The van der Waals surface area contributed by atoms with Crippen LogP contribution in [-0.2, 0) is 17.9 Å². The van der Waals surface area contributed by atoms with Crippen molar-refractivity contribution >= 4 is 33.5 Å². The SMILES string of the molecule is COc1ccc(Cn2cnc3c4ccccc4n(CC(=O)Nc4c(C)cccc4C)c3c2=O)cc1. The Morgan fingerprint density at radius 3 is 2.40 bits per heavy atom. The molecule has 0 aliphatic rings. The number of aromatic nitrogens is 3. The van der Waals surface area contributed by atoms with Crippen molar-refractivity contribution in [2.45, 2.75) is 26.9 Å². The minimum absolute atomic E-state index is 0.00125. The molecule has 0 saturated carbocycles. The molecule has 1 amide bonds. The monoisotopic (exact) mass is 466 g/mol. The van der Waals surface area contributed by atoms with Gasteiger partial charge in [0, 0.05) is 11.1 Å². The number of carbonyl (C=O) groups is 1. The number of anilines is 1. The summed E-state index contributed by atoms with van der Waals surface area (Å²) >= 11 is 0.